The number of nitrogens with zero attached hydrogens (tertiary/aromatic N) is 1. The Bertz CT molecular complexity index is 891. The van der Waals surface area contributed by atoms with Crippen molar-refractivity contribution in [2.45, 2.75) is 0 Å². The number of oxazole rings is 1. The first-order chi connectivity index (χ1) is 9.29. The third-order valence-electron chi connectivity index (χ3n) is 3.15. The van der Waals surface area contributed by atoms with E-state index in [1.165, 1.54) is 12.1 Å². The van der Waals surface area contributed by atoms with Gasteiger partial charge in [-0.2, -0.15) is 0 Å². The summed E-state index contributed by atoms with van der Waals surface area (Å²) in [6, 6.07) is 12.2. The SMILES string of the molecule is Fc1ccc2nc(-c3ccc4[nH]ccc4c3)oc2c1. The Kier molecular flexibility index (Phi) is 2.00. The van der Waals surface area contributed by atoms with Crippen LogP contribution in [0.5, 0.6) is 0 Å². The zero-order valence-electron chi connectivity index (χ0n) is 9.85. The van der Waals surface area contributed by atoms with Crippen LogP contribution < -0.4 is 0 Å². The molecule has 0 saturated heterocycles. The Hall–Kier alpha value is -2.62. The predicted octanol–water partition coefficient (Wildman–Crippen LogP) is 4.12. The standard InChI is InChI=1S/C15H9FN2O/c16-11-2-4-13-14(8-11)19-15(18-13)10-1-3-12-9(7-10)5-6-17-12/h1-8,17H. The molecular weight excluding hydrogens is 243 g/mol. The van der Waals surface area contributed by atoms with Gasteiger partial charge in [-0.3, -0.25) is 0 Å². The molecule has 3 nitrogen and oxygen atoms in total. The molecule has 0 aliphatic heterocycles. The summed E-state index contributed by atoms with van der Waals surface area (Å²) in [7, 11) is 0. The summed E-state index contributed by atoms with van der Waals surface area (Å²) >= 11 is 0. The predicted molar refractivity (Wildman–Crippen MR) is 71.3 cm³/mol. The van der Waals surface area contributed by atoms with E-state index in [4.69, 9.17) is 4.42 Å². The van der Waals surface area contributed by atoms with Crippen molar-refractivity contribution in [1.29, 1.82) is 0 Å². The lowest BCUT2D eigenvalue weighted by atomic mass is 10.1. The van der Waals surface area contributed by atoms with Crippen LogP contribution in [0.1, 0.15) is 0 Å². The molecule has 0 spiro atoms. The first-order valence-electron chi connectivity index (χ1n) is 5.93. The number of hydrogen-bond donors (Lipinski definition) is 1. The Balaban J connectivity index is 1.92. The monoisotopic (exact) mass is 252 g/mol. The number of benzene rings is 2. The third-order valence-corrected chi connectivity index (χ3v) is 3.15. The van der Waals surface area contributed by atoms with Gasteiger partial charge < -0.3 is 9.40 Å². The average molecular weight is 252 g/mol. The molecule has 0 radical (unpaired) electrons. The van der Waals surface area contributed by atoms with Gasteiger partial charge in [-0.15, -0.1) is 0 Å². The summed E-state index contributed by atoms with van der Waals surface area (Å²) in [5.74, 6) is 0.181. The van der Waals surface area contributed by atoms with E-state index in [1.807, 2.05) is 30.5 Å². The van der Waals surface area contributed by atoms with Crippen LogP contribution in [0.3, 0.4) is 0 Å². The van der Waals surface area contributed by atoms with E-state index in [1.54, 1.807) is 6.07 Å². The van der Waals surface area contributed by atoms with Crippen LogP contribution in [0.2, 0.25) is 0 Å². The van der Waals surface area contributed by atoms with E-state index >= 15 is 0 Å². The van der Waals surface area contributed by atoms with Gasteiger partial charge in [0.05, 0.1) is 0 Å². The van der Waals surface area contributed by atoms with Crippen molar-refractivity contribution in [3.05, 3.63) is 54.5 Å². The second-order valence-corrected chi connectivity index (χ2v) is 4.41. The number of rotatable bonds is 1. The van der Waals surface area contributed by atoms with Gasteiger partial charge in [-0.1, -0.05) is 0 Å². The number of halogens is 1. The van der Waals surface area contributed by atoms with Gasteiger partial charge in [-0.25, -0.2) is 9.37 Å². The van der Waals surface area contributed by atoms with E-state index in [9.17, 15) is 4.39 Å². The highest BCUT2D eigenvalue weighted by Gasteiger charge is 2.09. The Labute approximate surface area is 107 Å². The van der Waals surface area contributed by atoms with Gasteiger partial charge in [0.15, 0.2) is 5.58 Å². The molecule has 0 fully saturated rings. The summed E-state index contributed by atoms with van der Waals surface area (Å²) in [5.41, 5.74) is 3.06. The molecule has 2 heterocycles. The number of aromatic amines is 1. The molecule has 0 amide bonds. The Morgan fingerprint density at radius 1 is 1.05 bits per heavy atom. The van der Waals surface area contributed by atoms with Gasteiger partial charge in [0.2, 0.25) is 5.89 Å². The van der Waals surface area contributed by atoms with Crippen LogP contribution >= 0.6 is 0 Å². The summed E-state index contributed by atoms with van der Waals surface area (Å²) in [5, 5.41) is 1.09. The fraction of sp³-hybridized carbons (Fsp3) is 0. The van der Waals surface area contributed by atoms with Crippen molar-refractivity contribution in [2.75, 3.05) is 0 Å². The van der Waals surface area contributed by atoms with E-state index < -0.39 is 0 Å². The molecule has 4 aromatic rings. The molecule has 4 rings (SSSR count). The van der Waals surface area contributed by atoms with Crippen molar-refractivity contribution in [1.82, 2.24) is 9.97 Å². The minimum Gasteiger partial charge on any atom is -0.436 e. The largest absolute Gasteiger partial charge is 0.436 e. The van der Waals surface area contributed by atoms with E-state index in [0.717, 1.165) is 16.5 Å². The molecule has 0 bridgehead atoms. The second-order valence-electron chi connectivity index (χ2n) is 4.41. The third kappa shape index (κ3) is 1.61. The fourth-order valence-corrected chi connectivity index (χ4v) is 2.21. The Morgan fingerprint density at radius 3 is 2.95 bits per heavy atom. The lowest BCUT2D eigenvalue weighted by molar-refractivity contribution is 0.602. The fourth-order valence-electron chi connectivity index (χ4n) is 2.21. The summed E-state index contributed by atoms with van der Waals surface area (Å²) in [6.07, 6.45) is 1.88. The van der Waals surface area contributed by atoms with Crippen LogP contribution in [0.4, 0.5) is 4.39 Å². The second kappa shape index (κ2) is 3.68. The molecule has 2 aromatic carbocycles. The van der Waals surface area contributed by atoms with Crippen LogP contribution in [0.15, 0.2) is 53.1 Å². The van der Waals surface area contributed by atoms with Crippen LogP contribution in [0, 0.1) is 5.82 Å². The van der Waals surface area contributed by atoms with Crippen molar-refractivity contribution in [3.8, 4) is 11.5 Å². The van der Waals surface area contributed by atoms with Gasteiger partial charge in [-0.05, 0) is 36.4 Å². The normalized spacial score (nSPS) is 11.4. The number of fused-ring (bicyclic) bond motifs is 2. The van der Waals surface area contributed by atoms with Crippen molar-refractivity contribution in [3.63, 3.8) is 0 Å². The number of aromatic nitrogens is 2. The molecule has 1 N–H and O–H groups in total. The highest BCUT2D eigenvalue weighted by molar-refractivity contribution is 5.85. The van der Waals surface area contributed by atoms with Crippen molar-refractivity contribution in [2.24, 2.45) is 0 Å². The first kappa shape index (κ1) is 10.3. The lowest BCUT2D eigenvalue weighted by Gasteiger charge is -1.95. The first-order valence-corrected chi connectivity index (χ1v) is 5.93. The van der Waals surface area contributed by atoms with Crippen LogP contribution in [0.25, 0.3) is 33.5 Å². The van der Waals surface area contributed by atoms with E-state index in [0.29, 0.717) is 17.0 Å². The highest BCUT2D eigenvalue weighted by Crippen LogP contribution is 2.27. The number of hydrogen-bond acceptors (Lipinski definition) is 2. The Morgan fingerprint density at radius 2 is 2.00 bits per heavy atom. The van der Waals surface area contributed by atoms with Crippen LogP contribution in [-0.4, -0.2) is 9.97 Å². The van der Waals surface area contributed by atoms with Gasteiger partial charge in [0, 0.05) is 28.7 Å². The maximum atomic E-state index is 13.1. The van der Waals surface area contributed by atoms with Crippen molar-refractivity contribution < 1.29 is 8.81 Å². The van der Waals surface area contributed by atoms with E-state index in [-0.39, 0.29) is 5.82 Å². The minimum atomic E-state index is -0.323. The summed E-state index contributed by atoms with van der Waals surface area (Å²) < 4.78 is 18.7. The number of H-pyrrole nitrogens is 1. The van der Waals surface area contributed by atoms with Gasteiger partial charge in [0.25, 0.3) is 0 Å². The molecule has 0 unspecified atom stereocenters. The smallest absolute Gasteiger partial charge is 0.227 e. The van der Waals surface area contributed by atoms with Gasteiger partial charge in [0.1, 0.15) is 11.3 Å². The molecule has 0 saturated carbocycles. The molecule has 0 atom stereocenters. The quantitative estimate of drug-likeness (QED) is 0.553. The van der Waals surface area contributed by atoms with Crippen LogP contribution in [-0.2, 0) is 0 Å². The zero-order valence-corrected chi connectivity index (χ0v) is 9.85. The maximum Gasteiger partial charge on any atom is 0.227 e. The molecule has 2 aromatic heterocycles. The highest BCUT2D eigenvalue weighted by atomic mass is 19.1. The summed E-state index contributed by atoms with van der Waals surface area (Å²) in [6.45, 7) is 0. The van der Waals surface area contributed by atoms with Gasteiger partial charge >= 0.3 is 0 Å². The molecule has 19 heavy (non-hydrogen) atoms. The topological polar surface area (TPSA) is 41.8 Å². The average Bonchev–Trinajstić information content (AvgIpc) is 3.02. The lowest BCUT2D eigenvalue weighted by Crippen LogP contribution is -1.77. The summed E-state index contributed by atoms with van der Waals surface area (Å²) in [4.78, 5) is 7.50. The van der Waals surface area contributed by atoms with Crippen molar-refractivity contribution >= 4 is 22.0 Å². The van der Waals surface area contributed by atoms with E-state index in [2.05, 4.69) is 9.97 Å². The molecule has 0 aliphatic rings. The maximum absolute atomic E-state index is 13.1. The molecule has 92 valence electrons. The molecular formula is C15H9FN2O. The molecule has 4 heteroatoms. The zero-order chi connectivity index (χ0) is 12.8. The number of nitrogens with one attached hydrogen (secondary N) is 1. The minimum absolute atomic E-state index is 0.323. The molecule has 0 aliphatic carbocycles.